The molecule has 0 spiro atoms. The quantitative estimate of drug-likeness (QED) is 0.460. The zero-order valence-electron chi connectivity index (χ0n) is 15.2. The van der Waals surface area contributed by atoms with Gasteiger partial charge in [-0.25, -0.2) is 10.2 Å². The van der Waals surface area contributed by atoms with Crippen LogP contribution in [-0.2, 0) is 20.6 Å². The number of aliphatic hydroxyl groups is 1. The lowest BCUT2D eigenvalue weighted by Gasteiger charge is -2.07. The van der Waals surface area contributed by atoms with Gasteiger partial charge in [-0.05, 0) is 29.8 Å². The van der Waals surface area contributed by atoms with Gasteiger partial charge in [0.2, 0.25) is 5.95 Å². The van der Waals surface area contributed by atoms with E-state index in [1.807, 2.05) is 24.3 Å². The number of imidazole rings is 1. The molecule has 0 saturated carbocycles. The van der Waals surface area contributed by atoms with Gasteiger partial charge < -0.3 is 14.4 Å². The summed E-state index contributed by atoms with van der Waals surface area (Å²) < 4.78 is 8.89. The Hall–Kier alpha value is -3.40. The minimum absolute atomic E-state index is 0.129. The Morgan fingerprint density at radius 2 is 1.93 bits per heavy atom. The van der Waals surface area contributed by atoms with Crippen LogP contribution in [0.5, 0.6) is 5.75 Å². The summed E-state index contributed by atoms with van der Waals surface area (Å²) in [5, 5.41) is 13.5. The molecule has 2 aromatic heterocycles. The molecule has 0 atom stereocenters. The molecule has 142 valence electrons. The summed E-state index contributed by atoms with van der Waals surface area (Å²) in [7, 11) is 4.52. The first kappa shape index (κ1) is 18.4. The third-order valence-electron chi connectivity index (χ3n) is 4.17. The maximum atomic E-state index is 12.5. The Morgan fingerprint density at radius 3 is 2.56 bits per heavy atom. The molecule has 2 N–H and O–H groups in total. The fourth-order valence-electron chi connectivity index (χ4n) is 2.70. The number of nitrogens with one attached hydrogen (secondary N) is 1. The third-order valence-corrected chi connectivity index (χ3v) is 4.17. The van der Waals surface area contributed by atoms with Crippen LogP contribution in [0.4, 0.5) is 5.95 Å². The molecule has 0 amide bonds. The fourth-order valence-corrected chi connectivity index (χ4v) is 2.70. The summed E-state index contributed by atoms with van der Waals surface area (Å²) in [6.07, 6.45) is 1.58. The van der Waals surface area contributed by atoms with Gasteiger partial charge in [0.25, 0.3) is 5.56 Å². The standard InChI is InChI=1S/C17H20N6O4/c1-21-14-13(15(25)22(2)17(21)26)23(8-9-24)16(19-14)20-18-10-11-4-6-12(27-3)7-5-11/h4-7,10,24H,8-9H2,1-3H3,(H,19,20)/b18-10+. The molecule has 3 aromatic rings. The summed E-state index contributed by atoms with van der Waals surface area (Å²) >= 11 is 0. The lowest BCUT2D eigenvalue weighted by molar-refractivity contribution is 0.278. The number of aliphatic hydroxyl groups excluding tert-OH is 1. The summed E-state index contributed by atoms with van der Waals surface area (Å²) in [4.78, 5) is 28.9. The number of rotatable bonds is 6. The predicted molar refractivity (Wildman–Crippen MR) is 102 cm³/mol. The lowest BCUT2D eigenvalue weighted by atomic mass is 10.2. The van der Waals surface area contributed by atoms with E-state index in [-0.39, 0.29) is 30.3 Å². The van der Waals surface area contributed by atoms with Crippen LogP contribution in [0.1, 0.15) is 5.56 Å². The Balaban J connectivity index is 2.00. The van der Waals surface area contributed by atoms with Crippen molar-refractivity contribution in [2.45, 2.75) is 6.54 Å². The molecule has 2 heterocycles. The normalized spacial score (nSPS) is 11.4. The van der Waals surface area contributed by atoms with Crippen molar-refractivity contribution in [2.24, 2.45) is 19.2 Å². The second-order valence-corrected chi connectivity index (χ2v) is 5.83. The average molecular weight is 372 g/mol. The average Bonchev–Trinajstić information content (AvgIpc) is 3.04. The third kappa shape index (κ3) is 3.34. The SMILES string of the molecule is COc1ccc(/C=N/Nc2nc3c(c(=O)n(C)c(=O)n3C)n2CCO)cc1. The minimum Gasteiger partial charge on any atom is -0.497 e. The van der Waals surface area contributed by atoms with E-state index in [1.54, 1.807) is 13.3 Å². The smallest absolute Gasteiger partial charge is 0.332 e. The molecule has 0 fully saturated rings. The van der Waals surface area contributed by atoms with E-state index in [4.69, 9.17) is 4.74 Å². The number of benzene rings is 1. The number of nitrogens with zero attached hydrogens (tertiary/aromatic N) is 5. The van der Waals surface area contributed by atoms with Crippen LogP contribution in [-0.4, -0.2) is 43.7 Å². The number of anilines is 1. The molecule has 0 unspecified atom stereocenters. The van der Waals surface area contributed by atoms with Crippen molar-refractivity contribution in [3.05, 3.63) is 50.7 Å². The number of fused-ring (bicyclic) bond motifs is 1. The molecule has 10 heteroatoms. The zero-order valence-corrected chi connectivity index (χ0v) is 15.2. The molecule has 0 aliphatic rings. The molecule has 10 nitrogen and oxygen atoms in total. The van der Waals surface area contributed by atoms with Crippen LogP contribution in [0.25, 0.3) is 11.2 Å². The van der Waals surface area contributed by atoms with E-state index in [0.717, 1.165) is 15.9 Å². The van der Waals surface area contributed by atoms with Crippen molar-refractivity contribution in [3.8, 4) is 5.75 Å². The number of hydrogen-bond donors (Lipinski definition) is 2. The molecule has 0 saturated heterocycles. The summed E-state index contributed by atoms with van der Waals surface area (Å²) in [5.41, 5.74) is 3.08. The van der Waals surface area contributed by atoms with Gasteiger partial charge >= 0.3 is 5.69 Å². The molecular weight excluding hydrogens is 352 g/mol. The van der Waals surface area contributed by atoms with Crippen molar-refractivity contribution in [2.75, 3.05) is 19.1 Å². The van der Waals surface area contributed by atoms with Crippen molar-refractivity contribution in [1.82, 2.24) is 18.7 Å². The van der Waals surface area contributed by atoms with E-state index in [0.29, 0.717) is 0 Å². The van der Waals surface area contributed by atoms with Crippen LogP contribution in [0.3, 0.4) is 0 Å². The molecule has 3 rings (SSSR count). The number of aryl methyl sites for hydroxylation is 1. The maximum absolute atomic E-state index is 12.5. The van der Waals surface area contributed by atoms with Gasteiger partial charge in [0, 0.05) is 20.6 Å². The van der Waals surface area contributed by atoms with Crippen LogP contribution >= 0.6 is 0 Å². The van der Waals surface area contributed by atoms with E-state index in [2.05, 4.69) is 15.5 Å². The van der Waals surface area contributed by atoms with E-state index >= 15 is 0 Å². The van der Waals surface area contributed by atoms with Gasteiger partial charge in [-0.3, -0.25) is 13.9 Å². The van der Waals surface area contributed by atoms with Gasteiger partial charge in [0.1, 0.15) is 5.75 Å². The highest BCUT2D eigenvalue weighted by molar-refractivity contribution is 5.80. The highest BCUT2D eigenvalue weighted by atomic mass is 16.5. The first-order chi connectivity index (χ1) is 13.0. The summed E-state index contributed by atoms with van der Waals surface area (Å²) in [5.74, 6) is 0.990. The van der Waals surface area contributed by atoms with Crippen molar-refractivity contribution >= 4 is 23.3 Å². The van der Waals surface area contributed by atoms with Crippen LogP contribution in [0, 0.1) is 0 Å². The van der Waals surface area contributed by atoms with Gasteiger partial charge in [0.05, 0.1) is 19.9 Å². The van der Waals surface area contributed by atoms with E-state index in [1.165, 1.54) is 23.2 Å². The number of ether oxygens (including phenoxy) is 1. The largest absolute Gasteiger partial charge is 0.497 e. The molecule has 1 aromatic carbocycles. The minimum atomic E-state index is -0.485. The highest BCUT2D eigenvalue weighted by Crippen LogP contribution is 2.15. The molecule has 0 aliphatic carbocycles. The Bertz CT molecular complexity index is 1110. The highest BCUT2D eigenvalue weighted by Gasteiger charge is 2.18. The van der Waals surface area contributed by atoms with Crippen molar-refractivity contribution in [1.29, 1.82) is 0 Å². The van der Waals surface area contributed by atoms with Gasteiger partial charge in [-0.2, -0.15) is 10.1 Å². The number of aromatic nitrogens is 4. The zero-order chi connectivity index (χ0) is 19.6. The van der Waals surface area contributed by atoms with Crippen LogP contribution < -0.4 is 21.4 Å². The number of hydrazone groups is 1. The van der Waals surface area contributed by atoms with Crippen LogP contribution in [0.2, 0.25) is 0 Å². The molecular formula is C17H20N6O4. The first-order valence-corrected chi connectivity index (χ1v) is 8.18. The Morgan fingerprint density at radius 1 is 1.22 bits per heavy atom. The second-order valence-electron chi connectivity index (χ2n) is 5.83. The van der Waals surface area contributed by atoms with Gasteiger partial charge in [-0.15, -0.1) is 0 Å². The topological polar surface area (TPSA) is 116 Å². The van der Waals surface area contributed by atoms with Crippen molar-refractivity contribution < 1.29 is 9.84 Å². The monoisotopic (exact) mass is 372 g/mol. The predicted octanol–water partition coefficient (Wildman–Crippen LogP) is -0.119. The number of hydrogen-bond acceptors (Lipinski definition) is 7. The molecule has 0 bridgehead atoms. The summed E-state index contributed by atoms with van der Waals surface area (Å²) in [6.45, 7) is -0.0708. The Labute approximate surface area is 154 Å². The fraction of sp³-hybridized carbons (Fsp3) is 0.294. The molecule has 0 aliphatic heterocycles. The lowest BCUT2D eigenvalue weighted by Crippen LogP contribution is -2.37. The maximum Gasteiger partial charge on any atom is 0.332 e. The summed E-state index contributed by atoms with van der Waals surface area (Å²) in [6, 6.07) is 7.28. The van der Waals surface area contributed by atoms with E-state index in [9.17, 15) is 14.7 Å². The van der Waals surface area contributed by atoms with Gasteiger partial charge in [0.15, 0.2) is 11.2 Å². The Kier molecular flexibility index (Phi) is 5.08. The second kappa shape index (κ2) is 7.46. The molecule has 0 radical (unpaired) electrons. The first-order valence-electron chi connectivity index (χ1n) is 8.18. The number of methoxy groups -OCH3 is 1. The van der Waals surface area contributed by atoms with Crippen molar-refractivity contribution in [3.63, 3.8) is 0 Å². The van der Waals surface area contributed by atoms with Gasteiger partial charge in [-0.1, -0.05) is 0 Å². The van der Waals surface area contributed by atoms with E-state index < -0.39 is 11.2 Å². The van der Waals surface area contributed by atoms with Crippen LogP contribution in [0.15, 0.2) is 39.0 Å². The molecule has 27 heavy (non-hydrogen) atoms.